The Morgan fingerprint density at radius 3 is 2.88 bits per heavy atom. The highest BCUT2D eigenvalue weighted by Crippen LogP contribution is 2.19. The number of hydrogen-bond acceptors (Lipinski definition) is 3. The van der Waals surface area contributed by atoms with E-state index in [2.05, 4.69) is 11.2 Å². The number of carbonyl (C=O) groups excluding carboxylic acids is 1. The molecule has 0 aromatic heterocycles. The van der Waals surface area contributed by atoms with Crippen LogP contribution in [0.3, 0.4) is 0 Å². The number of carbonyl (C=O) groups is 1. The van der Waals surface area contributed by atoms with Gasteiger partial charge in [-0.3, -0.25) is 14.9 Å². The number of nitrogens with one attached hydrogen (secondary N) is 1. The number of nitro groups is 1. The molecule has 0 unspecified atom stereocenters. The van der Waals surface area contributed by atoms with Crippen LogP contribution in [0.25, 0.3) is 0 Å². The Labute approximate surface area is 96.8 Å². The van der Waals surface area contributed by atoms with E-state index in [1.807, 2.05) is 0 Å². The SMILES string of the molecule is C#CCCNC(=O)c1cc(F)ccc1[N+](=O)[O-]. The first-order valence-electron chi connectivity index (χ1n) is 4.72. The Morgan fingerprint density at radius 2 is 2.29 bits per heavy atom. The number of terminal acetylenes is 1. The fourth-order valence-electron chi connectivity index (χ4n) is 1.19. The van der Waals surface area contributed by atoms with Gasteiger partial charge >= 0.3 is 0 Å². The lowest BCUT2D eigenvalue weighted by molar-refractivity contribution is -0.385. The third-order valence-corrected chi connectivity index (χ3v) is 1.95. The number of benzene rings is 1. The van der Waals surface area contributed by atoms with Crippen LogP contribution in [-0.2, 0) is 0 Å². The van der Waals surface area contributed by atoms with Crippen LogP contribution in [0.4, 0.5) is 10.1 Å². The molecule has 0 aliphatic carbocycles. The van der Waals surface area contributed by atoms with Crippen molar-refractivity contribution in [2.75, 3.05) is 6.54 Å². The third-order valence-electron chi connectivity index (χ3n) is 1.95. The van der Waals surface area contributed by atoms with Gasteiger partial charge in [-0.25, -0.2) is 4.39 Å². The molecule has 88 valence electrons. The summed E-state index contributed by atoms with van der Waals surface area (Å²) < 4.78 is 12.9. The molecule has 0 saturated carbocycles. The molecule has 0 aliphatic rings. The second kappa shape index (κ2) is 5.61. The molecule has 0 aliphatic heterocycles. The number of nitro benzene ring substituents is 1. The predicted molar refractivity (Wildman–Crippen MR) is 58.8 cm³/mol. The van der Waals surface area contributed by atoms with Crippen molar-refractivity contribution >= 4 is 11.6 Å². The molecule has 1 aromatic carbocycles. The Balaban J connectivity index is 2.95. The predicted octanol–water partition coefficient (Wildman–Crippen LogP) is 1.49. The van der Waals surface area contributed by atoms with Crippen molar-refractivity contribution in [2.24, 2.45) is 0 Å². The summed E-state index contributed by atoms with van der Waals surface area (Å²) in [6.45, 7) is 0.184. The lowest BCUT2D eigenvalue weighted by Gasteiger charge is -2.04. The normalized spacial score (nSPS) is 9.41. The van der Waals surface area contributed by atoms with Crippen LogP contribution in [0.5, 0.6) is 0 Å². The van der Waals surface area contributed by atoms with E-state index in [1.54, 1.807) is 0 Å². The molecular weight excluding hydrogens is 227 g/mol. The molecule has 1 amide bonds. The van der Waals surface area contributed by atoms with Crippen molar-refractivity contribution in [3.8, 4) is 12.3 Å². The highest BCUT2D eigenvalue weighted by atomic mass is 19.1. The fourth-order valence-corrected chi connectivity index (χ4v) is 1.19. The lowest BCUT2D eigenvalue weighted by atomic mass is 10.1. The van der Waals surface area contributed by atoms with Crippen LogP contribution in [0.1, 0.15) is 16.8 Å². The van der Waals surface area contributed by atoms with Crippen LogP contribution < -0.4 is 5.32 Å². The van der Waals surface area contributed by atoms with E-state index >= 15 is 0 Å². The second-order valence-electron chi connectivity index (χ2n) is 3.13. The molecule has 1 N–H and O–H groups in total. The van der Waals surface area contributed by atoms with Gasteiger partial charge in [0.2, 0.25) is 0 Å². The standard InChI is InChI=1S/C11H9FN2O3/c1-2-3-6-13-11(15)9-7-8(12)4-5-10(9)14(16)17/h1,4-5,7H,3,6H2,(H,13,15). The second-order valence-corrected chi connectivity index (χ2v) is 3.13. The number of amides is 1. The van der Waals surface area contributed by atoms with Crippen molar-refractivity contribution in [3.05, 3.63) is 39.7 Å². The minimum atomic E-state index is -0.741. The van der Waals surface area contributed by atoms with Crippen LogP contribution in [0, 0.1) is 28.3 Å². The molecule has 0 atom stereocenters. The maximum atomic E-state index is 12.9. The lowest BCUT2D eigenvalue weighted by Crippen LogP contribution is -2.25. The van der Waals surface area contributed by atoms with Gasteiger partial charge in [0, 0.05) is 19.0 Å². The Kier molecular flexibility index (Phi) is 4.17. The first-order chi connectivity index (χ1) is 8.06. The van der Waals surface area contributed by atoms with Gasteiger partial charge in [-0.1, -0.05) is 0 Å². The molecule has 1 aromatic rings. The Bertz CT molecular complexity index is 494. The number of nitrogens with zero attached hydrogens (tertiary/aromatic N) is 1. The average Bonchev–Trinajstić information content (AvgIpc) is 2.28. The van der Waals surface area contributed by atoms with E-state index in [0.717, 1.165) is 18.2 Å². The third kappa shape index (κ3) is 3.28. The van der Waals surface area contributed by atoms with E-state index in [-0.39, 0.29) is 12.1 Å². The molecule has 0 heterocycles. The summed E-state index contributed by atoms with van der Waals surface area (Å²) in [6.07, 6.45) is 5.29. The first-order valence-corrected chi connectivity index (χ1v) is 4.72. The molecule has 5 nitrogen and oxygen atoms in total. The smallest absolute Gasteiger partial charge is 0.282 e. The quantitative estimate of drug-likeness (QED) is 0.372. The summed E-state index contributed by atoms with van der Waals surface area (Å²) in [5.41, 5.74) is -0.753. The molecule has 0 radical (unpaired) electrons. The van der Waals surface area contributed by atoms with E-state index in [0.29, 0.717) is 6.42 Å². The largest absolute Gasteiger partial charge is 0.351 e. The van der Waals surface area contributed by atoms with Gasteiger partial charge in [-0.2, -0.15) is 0 Å². The maximum absolute atomic E-state index is 12.9. The van der Waals surface area contributed by atoms with Gasteiger partial charge < -0.3 is 5.32 Å². The Morgan fingerprint density at radius 1 is 1.59 bits per heavy atom. The molecule has 0 fully saturated rings. The minimum Gasteiger partial charge on any atom is -0.351 e. The van der Waals surface area contributed by atoms with Gasteiger partial charge in [-0.15, -0.1) is 12.3 Å². The van der Waals surface area contributed by atoms with Gasteiger partial charge in [0.1, 0.15) is 11.4 Å². The molecule has 0 bridgehead atoms. The maximum Gasteiger partial charge on any atom is 0.282 e. The summed E-state index contributed by atoms with van der Waals surface area (Å²) >= 11 is 0. The Hall–Kier alpha value is -2.42. The zero-order valence-corrected chi connectivity index (χ0v) is 8.77. The average molecular weight is 236 g/mol. The van der Waals surface area contributed by atoms with Gasteiger partial charge in [0.05, 0.1) is 4.92 Å². The van der Waals surface area contributed by atoms with Crippen molar-refractivity contribution < 1.29 is 14.1 Å². The van der Waals surface area contributed by atoms with Crippen LogP contribution in [0.2, 0.25) is 0 Å². The first kappa shape index (κ1) is 12.6. The number of halogens is 1. The number of hydrogen-bond donors (Lipinski definition) is 1. The monoisotopic (exact) mass is 236 g/mol. The summed E-state index contributed by atoms with van der Waals surface area (Å²) in [5.74, 6) is 0.874. The van der Waals surface area contributed by atoms with Gasteiger partial charge in [-0.05, 0) is 12.1 Å². The van der Waals surface area contributed by atoms with E-state index in [4.69, 9.17) is 6.42 Å². The minimum absolute atomic E-state index is 0.184. The van der Waals surface area contributed by atoms with E-state index in [9.17, 15) is 19.3 Å². The molecular formula is C11H9FN2O3. The zero-order valence-electron chi connectivity index (χ0n) is 8.77. The molecule has 6 heteroatoms. The van der Waals surface area contributed by atoms with E-state index < -0.39 is 22.3 Å². The fraction of sp³-hybridized carbons (Fsp3) is 0.182. The molecule has 0 saturated heterocycles. The zero-order chi connectivity index (χ0) is 12.8. The molecule has 17 heavy (non-hydrogen) atoms. The summed E-state index contributed by atoms with van der Waals surface area (Å²) in [4.78, 5) is 21.4. The van der Waals surface area contributed by atoms with Crippen molar-refractivity contribution in [3.63, 3.8) is 0 Å². The van der Waals surface area contributed by atoms with Crippen molar-refractivity contribution in [1.82, 2.24) is 5.32 Å². The van der Waals surface area contributed by atoms with E-state index in [1.165, 1.54) is 0 Å². The highest BCUT2D eigenvalue weighted by molar-refractivity contribution is 5.98. The van der Waals surface area contributed by atoms with Crippen LogP contribution in [-0.4, -0.2) is 17.4 Å². The molecule has 1 rings (SSSR count). The number of rotatable bonds is 4. The van der Waals surface area contributed by atoms with Crippen LogP contribution in [0.15, 0.2) is 18.2 Å². The van der Waals surface area contributed by atoms with Crippen molar-refractivity contribution in [1.29, 1.82) is 0 Å². The molecule has 0 spiro atoms. The van der Waals surface area contributed by atoms with Gasteiger partial charge in [0.15, 0.2) is 0 Å². The van der Waals surface area contributed by atoms with Crippen molar-refractivity contribution in [2.45, 2.75) is 6.42 Å². The van der Waals surface area contributed by atoms with Gasteiger partial charge in [0.25, 0.3) is 11.6 Å². The summed E-state index contributed by atoms with van der Waals surface area (Å²) in [5, 5.41) is 13.0. The topological polar surface area (TPSA) is 72.2 Å². The van der Waals surface area contributed by atoms with Crippen LogP contribution >= 0.6 is 0 Å². The summed E-state index contributed by atoms with van der Waals surface area (Å²) in [7, 11) is 0. The summed E-state index contributed by atoms with van der Waals surface area (Å²) in [6, 6.07) is 2.70. The highest BCUT2D eigenvalue weighted by Gasteiger charge is 2.20.